The van der Waals surface area contributed by atoms with Gasteiger partial charge >= 0.3 is 0 Å². The number of primary amides is 1. The Morgan fingerprint density at radius 3 is 2.77 bits per heavy atom. The molecule has 2 N–H and O–H groups in total. The smallest absolute Gasteiger partial charge is 0.248 e. The van der Waals surface area contributed by atoms with Crippen molar-refractivity contribution in [2.24, 2.45) is 5.73 Å². The lowest BCUT2D eigenvalue weighted by atomic mass is 10.0. The summed E-state index contributed by atoms with van der Waals surface area (Å²) in [6.45, 7) is 0.923. The summed E-state index contributed by atoms with van der Waals surface area (Å²) in [5, 5.41) is 0. The Labute approximate surface area is 129 Å². The van der Waals surface area contributed by atoms with Gasteiger partial charge in [-0.15, -0.1) is 0 Å². The van der Waals surface area contributed by atoms with Gasteiger partial charge in [0, 0.05) is 18.3 Å². The highest BCUT2D eigenvalue weighted by Gasteiger charge is 2.27. The number of aromatic nitrogens is 1. The minimum Gasteiger partial charge on any atom is -0.497 e. The zero-order chi connectivity index (χ0) is 15.5. The van der Waals surface area contributed by atoms with Crippen LogP contribution in [0.3, 0.4) is 0 Å². The topological polar surface area (TPSA) is 68.5 Å². The van der Waals surface area contributed by atoms with E-state index in [0.29, 0.717) is 5.56 Å². The van der Waals surface area contributed by atoms with Gasteiger partial charge in [-0.05, 0) is 42.7 Å². The first kappa shape index (κ1) is 14.4. The number of nitrogens with two attached hydrogens (primary N) is 1. The normalized spacial score (nSPS) is 17.5. The number of nitrogens with zero attached hydrogens (tertiary/aromatic N) is 2. The fourth-order valence-electron chi connectivity index (χ4n) is 2.94. The maximum Gasteiger partial charge on any atom is 0.248 e. The molecule has 5 heteroatoms. The lowest BCUT2D eigenvalue weighted by Crippen LogP contribution is -2.24. The summed E-state index contributed by atoms with van der Waals surface area (Å²) < 4.78 is 5.21. The number of methoxy groups -OCH3 is 1. The third kappa shape index (κ3) is 2.74. The van der Waals surface area contributed by atoms with E-state index in [4.69, 9.17) is 10.5 Å². The lowest BCUT2D eigenvalue weighted by Gasteiger charge is -2.26. The Morgan fingerprint density at radius 2 is 2.09 bits per heavy atom. The second kappa shape index (κ2) is 6.05. The van der Waals surface area contributed by atoms with Crippen LogP contribution in [0, 0.1) is 0 Å². The van der Waals surface area contributed by atoms with Crippen molar-refractivity contribution in [2.45, 2.75) is 18.9 Å². The second-order valence-electron chi connectivity index (χ2n) is 5.39. The quantitative estimate of drug-likeness (QED) is 0.941. The van der Waals surface area contributed by atoms with Crippen LogP contribution < -0.4 is 15.4 Å². The third-order valence-electron chi connectivity index (χ3n) is 4.08. The summed E-state index contributed by atoms with van der Waals surface area (Å²) in [6.07, 6.45) is 3.80. The molecule has 0 saturated carbocycles. The van der Waals surface area contributed by atoms with E-state index in [1.807, 2.05) is 12.1 Å². The number of pyridine rings is 1. The van der Waals surface area contributed by atoms with E-state index in [1.54, 1.807) is 25.4 Å². The number of carbonyl (C=O) groups excluding carboxylic acids is 1. The van der Waals surface area contributed by atoms with Gasteiger partial charge < -0.3 is 15.4 Å². The monoisotopic (exact) mass is 297 g/mol. The van der Waals surface area contributed by atoms with Gasteiger partial charge in [-0.25, -0.2) is 4.98 Å². The number of benzene rings is 1. The molecule has 3 rings (SSSR count). The van der Waals surface area contributed by atoms with Crippen LogP contribution in [0.25, 0.3) is 0 Å². The number of anilines is 1. The van der Waals surface area contributed by atoms with Crippen molar-refractivity contribution in [1.82, 2.24) is 4.98 Å². The summed E-state index contributed by atoms with van der Waals surface area (Å²) in [6, 6.07) is 11.8. The molecule has 1 saturated heterocycles. The van der Waals surface area contributed by atoms with Crippen molar-refractivity contribution in [3.8, 4) is 5.75 Å². The van der Waals surface area contributed by atoms with Crippen LogP contribution >= 0.6 is 0 Å². The van der Waals surface area contributed by atoms with Crippen molar-refractivity contribution < 1.29 is 9.53 Å². The molecule has 0 bridgehead atoms. The largest absolute Gasteiger partial charge is 0.497 e. The first-order valence-electron chi connectivity index (χ1n) is 7.35. The summed E-state index contributed by atoms with van der Waals surface area (Å²) in [5.74, 6) is 1.22. The highest BCUT2D eigenvalue weighted by molar-refractivity contribution is 5.93. The van der Waals surface area contributed by atoms with Gasteiger partial charge in [-0.3, -0.25) is 4.79 Å². The van der Waals surface area contributed by atoms with Gasteiger partial charge in [0.1, 0.15) is 11.6 Å². The molecule has 2 aromatic rings. The molecule has 1 fully saturated rings. The SMILES string of the molecule is COc1ccc([C@H]2CCCN2c2cc(C(N)=O)ccn2)cc1. The molecule has 22 heavy (non-hydrogen) atoms. The van der Waals surface area contributed by atoms with E-state index in [9.17, 15) is 4.79 Å². The Morgan fingerprint density at radius 1 is 1.32 bits per heavy atom. The molecule has 1 aromatic heterocycles. The summed E-state index contributed by atoms with van der Waals surface area (Å²) in [7, 11) is 1.66. The van der Waals surface area contributed by atoms with E-state index >= 15 is 0 Å². The van der Waals surface area contributed by atoms with Crippen molar-refractivity contribution in [3.63, 3.8) is 0 Å². The van der Waals surface area contributed by atoms with Gasteiger partial charge in [0.25, 0.3) is 0 Å². The third-order valence-corrected chi connectivity index (χ3v) is 4.08. The van der Waals surface area contributed by atoms with Crippen LogP contribution in [0.1, 0.15) is 34.8 Å². The van der Waals surface area contributed by atoms with E-state index in [0.717, 1.165) is 31.0 Å². The van der Waals surface area contributed by atoms with Gasteiger partial charge in [0.2, 0.25) is 5.91 Å². The van der Waals surface area contributed by atoms with Crippen molar-refractivity contribution in [2.75, 3.05) is 18.6 Å². The molecule has 1 amide bonds. The zero-order valence-corrected chi connectivity index (χ0v) is 12.5. The van der Waals surface area contributed by atoms with Crippen molar-refractivity contribution in [1.29, 1.82) is 0 Å². The van der Waals surface area contributed by atoms with Crippen LogP contribution in [-0.2, 0) is 0 Å². The number of amides is 1. The summed E-state index contributed by atoms with van der Waals surface area (Å²) >= 11 is 0. The van der Waals surface area contributed by atoms with Crippen molar-refractivity contribution in [3.05, 3.63) is 53.7 Å². The molecule has 1 atom stereocenters. The standard InChI is InChI=1S/C17H19N3O2/c1-22-14-6-4-12(5-7-14)15-3-2-10-20(15)16-11-13(17(18)21)8-9-19-16/h4-9,11,15H,2-3,10H2,1H3,(H2,18,21)/t15-/m1/s1. The molecule has 1 aromatic carbocycles. The fourth-order valence-corrected chi connectivity index (χ4v) is 2.94. The maximum absolute atomic E-state index is 11.4. The Kier molecular flexibility index (Phi) is 3.96. The summed E-state index contributed by atoms with van der Waals surface area (Å²) in [5.41, 5.74) is 7.08. The molecular weight excluding hydrogens is 278 g/mol. The molecule has 5 nitrogen and oxygen atoms in total. The Bertz CT molecular complexity index is 670. The number of hydrogen-bond acceptors (Lipinski definition) is 4. The molecule has 0 unspecified atom stereocenters. The number of carbonyl (C=O) groups is 1. The van der Waals surface area contributed by atoms with Crippen molar-refractivity contribution >= 4 is 11.7 Å². The van der Waals surface area contributed by atoms with E-state index in [2.05, 4.69) is 22.0 Å². The molecule has 0 aliphatic carbocycles. The second-order valence-corrected chi connectivity index (χ2v) is 5.39. The van der Waals surface area contributed by atoms with Crippen LogP contribution in [0.2, 0.25) is 0 Å². The first-order chi connectivity index (χ1) is 10.7. The minimum absolute atomic E-state index is 0.265. The lowest BCUT2D eigenvalue weighted by molar-refractivity contribution is 0.1000. The summed E-state index contributed by atoms with van der Waals surface area (Å²) in [4.78, 5) is 18.0. The number of hydrogen-bond donors (Lipinski definition) is 1. The van der Waals surface area contributed by atoms with Crippen LogP contribution in [0.5, 0.6) is 5.75 Å². The molecule has 1 aliphatic rings. The van der Waals surface area contributed by atoms with Crippen LogP contribution in [0.15, 0.2) is 42.6 Å². The van der Waals surface area contributed by atoms with Gasteiger partial charge in [-0.1, -0.05) is 12.1 Å². The molecule has 114 valence electrons. The van der Waals surface area contributed by atoms with Gasteiger partial charge in [-0.2, -0.15) is 0 Å². The number of ether oxygens (including phenoxy) is 1. The Hall–Kier alpha value is -2.56. The fraction of sp³-hybridized carbons (Fsp3) is 0.294. The highest BCUT2D eigenvalue weighted by Crippen LogP contribution is 2.35. The average Bonchev–Trinajstić information content (AvgIpc) is 3.04. The first-order valence-corrected chi connectivity index (χ1v) is 7.35. The maximum atomic E-state index is 11.4. The van der Waals surface area contributed by atoms with E-state index < -0.39 is 5.91 Å². The Balaban J connectivity index is 1.89. The zero-order valence-electron chi connectivity index (χ0n) is 12.5. The van der Waals surface area contributed by atoms with Crippen LogP contribution in [0.4, 0.5) is 5.82 Å². The predicted octanol–water partition coefficient (Wildman–Crippen LogP) is 2.53. The van der Waals surface area contributed by atoms with E-state index in [-0.39, 0.29) is 6.04 Å². The van der Waals surface area contributed by atoms with E-state index in [1.165, 1.54) is 5.56 Å². The number of rotatable bonds is 4. The van der Waals surface area contributed by atoms with Gasteiger partial charge in [0.15, 0.2) is 0 Å². The minimum atomic E-state index is -0.427. The molecule has 1 aliphatic heterocycles. The molecule has 2 heterocycles. The molecule has 0 radical (unpaired) electrons. The molecular formula is C17H19N3O2. The van der Waals surface area contributed by atoms with Crippen LogP contribution in [-0.4, -0.2) is 24.5 Å². The highest BCUT2D eigenvalue weighted by atomic mass is 16.5. The average molecular weight is 297 g/mol. The van der Waals surface area contributed by atoms with Gasteiger partial charge in [0.05, 0.1) is 13.2 Å². The predicted molar refractivity (Wildman–Crippen MR) is 85.1 cm³/mol. The molecule has 0 spiro atoms.